The Hall–Kier alpha value is -0.0100. The fourth-order valence-electron chi connectivity index (χ4n) is 0.508. The molecular formula is C3H8ClN2OP. The van der Waals surface area contributed by atoms with E-state index in [1.54, 1.807) is 0 Å². The van der Waals surface area contributed by atoms with Crippen LogP contribution in [0.5, 0.6) is 0 Å². The van der Waals surface area contributed by atoms with Crippen LogP contribution in [0.3, 0.4) is 0 Å². The van der Waals surface area contributed by atoms with E-state index in [9.17, 15) is 4.79 Å². The highest BCUT2D eigenvalue weighted by molar-refractivity contribution is 7.74. The highest BCUT2D eigenvalue weighted by Crippen LogP contribution is 2.46. The molecule has 0 aliphatic carbocycles. The van der Waals surface area contributed by atoms with Crippen molar-refractivity contribution >= 4 is 13.6 Å². The lowest BCUT2D eigenvalue weighted by molar-refractivity contribution is -0.00000557. The maximum Gasteiger partial charge on any atom is 0.381 e. The molecule has 0 aromatic carbocycles. The third kappa shape index (κ3) is 1.49. The van der Waals surface area contributed by atoms with Gasteiger partial charge in [-0.25, -0.2) is 4.79 Å². The molecule has 5 heteroatoms. The van der Waals surface area contributed by atoms with Crippen molar-refractivity contribution in [2.75, 3.05) is 13.3 Å². The maximum atomic E-state index is 10.1. The summed E-state index contributed by atoms with van der Waals surface area (Å²) in [6, 6.07) is -0.0293. The number of carbonyl (C=O) groups excluding carboxylic acids is 1. The Labute approximate surface area is 55.1 Å². The molecule has 0 aromatic rings. The molecule has 48 valence electrons. The highest BCUT2D eigenvalue weighted by Gasteiger charge is 2.40. The number of amides is 2. The van der Waals surface area contributed by atoms with Crippen molar-refractivity contribution in [1.82, 2.24) is 10.2 Å². The molecule has 1 fully saturated rings. The van der Waals surface area contributed by atoms with Crippen LogP contribution in [0.25, 0.3) is 0 Å². The van der Waals surface area contributed by atoms with Gasteiger partial charge in [-0.2, -0.15) is 10.2 Å². The Kier molecular flexibility index (Phi) is 2.07. The number of hydrogen-bond acceptors (Lipinski definition) is 1. The summed E-state index contributed by atoms with van der Waals surface area (Å²) < 4.78 is 0. The summed E-state index contributed by atoms with van der Waals surface area (Å²) >= 11 is 0. The van der Waals surface area contributed by atoms with Crippen molar-refractivity contribution in [2.24, 2.45) is 0 Å². The quantitative estimate of drug-likeness (QED) is 0.370. The predicted octanol–water partition coefficient (Wildman–Crippen LogP) is -2.59. The largest absolute Gasteiger partial charge is 1.00 e. The lowest BCUT2D eigenvalue weighted by atomic mass is 11.2. The molecule has 0 unspecified atom stereocenters. The van der Waals surface area contributed by atoms with E-state index < -0.39 is 7.56 Å². The predicted molar refractivity (Wildman–Crippen MR) is 30.4 cm³/mol. The summed E-state index contributed by atoms with van der Waals surface area (Å²) in [4.78, 5) is 10.1. The van der Waals surface area contributed by atoms with E-state index >= 15 is 0 Å². The van der Waals surface area contributed by atoms with Crippen LogP contribution < -0.4 is 22.6 Å². The van der Waals surface area contributed by atoms with Crippen molar-refractivity contribution in [3.8, 4) is 0 Å². The number of hydrogen-bond donors (Lipinski definition) is 2. The first-order valence-corrected chi connectivity index (χ1v) is 4.73. The van der Waals surface area contributed by atoms with E-state index in [0.29, 0.717) is 0 Å². The number of urea groups is 1. The van der Waals surface area contributed by atoms with Gasteiger partial charge in [0.25, 0.3) is 0 Å². The van der Waals surface area contributed by atoms with Gasteiger partial charge in [-0.3, -0.25) is 0 Å². The van der Waals surface area contributed by atoms with Gasteiger partial charge in [-0.1, -0.05) is 0 Å². The molecule has 1 rings (SSSR count). The van der Waals surface area contributed by atoms with E-state index in [4.69, 9.17) is 0 Å². The van der Waals surface area contributed by atoms with E-state index in [2.05, 4.69) is 10.2 Å². The van der Waals surface area contributed by atoms with Gasteiger partial charge in [0.2, 0.25) is 0 Å². The lowest BCUT2D eigenvalue weighted by Crippen LogP contribution is -3.00. The van der Waals surface area contributed by atoms with E-state index in [1.165, 1.54) is 0 Å². The van der Waals surface area contributed by atoms with Crippen LogP contribution >= 0.6 is 7.56 Å². The summed E-state index contributed by atoms with van der Waals surface area (Å²) in [6.45, 7) is 4.02. The van der Waals surface area contributed by atoms with Gasteiger partial charge in [-0.05, 0) is 0 Å². The Morgan fingerprint density at radius 3 is 1.75 bits per heavy atom. The molecule has 2 amide bonds. The van der Waals surface area contributed by atoms with Crippen molar-refractivity contribution in [3.05, 3.63) is 0 Å². The molecule has 0 saturated carbocycles. The van der Waals surface area contributed by atoms with Crippen molar-refractivity contribution in [3.63, 3.8) is 0 Å². The van der Waals surface area contributed by atoms with Gasteiger partial charge < -0.3 is 12.4 Å². The zero-order valence-corrected chi connectivity index (χ0v) is 6.38. The number of carbonyl (C=O) groups is 1. The minimum absolute atomic E-state index is 0. The summed E-state index contributed by atoms with van der Waals surface area (Å²) in [7, 11) is -1.12. The van der Waals surface area contributed by atoms with Crippen molar-refractivity contribution < 1.29 is 17.2 Å². The Morgan fingerprint density at radius 1 is 1.38 bits per heavy atom. The second-order valence-electron chi connectivity index (χ2n) is 2.01. The van der Waals surface area contributed by atoms with E-state index in [-0.39, 0.29) is 18.4 Å². The molecule has 8 heavy (non-hydrogen) atoms. The van der Waals surface area contributed by atoms with Crippen LogP contribution in [0.2, 0.25) is 0 Å². The fraction of sp³-hybridized carbons (Fsp3) is 0.667. The van der Waals surface area contributed by atoms with Gasteiger partial charge in [0.1, 0.15) is 0 Å². The van der Waals surface area contributed by atoms with Gasteiger partial charge in [0.15, 0.2) is 7.56 Å². The standard InChI is InChI=1S/C3H7N2OP.ClH/c1-7(2)4-3(6)5-7;/h1-2H3,(H-,4,5,6);1H. The van der Waals surface area contributed by atoms with Crippen LogP contribution in [-0.2, 0) is 0 Å². The first-order valence-electron chi connectivity index (χ1n) is 2.05. The molecule has 0 bridgehead atoms. The zero-order valence-electron chi connectivity index (χ0n) is 4.73. The molecule has 3 nitrogen and oxygen atoms in total. The van der Waals surface area contributed by atoms with Crippen LogP contribution in [-0.4, -0.2) is 19.4 Å². The van der Waals surface area contributed by atoms with Crippen LogP contribution in [0.4, 0.5) is 4.79 Å². The van der Waals surface area contributed by atoms with Crippen molar-refractivity contribution in [2.45, 2.75) is 0 Å². The second-order valence-corrected chi connectivity index (χ2v) is 5.36. The monoisotopic (exact) mass is 154 g/mol. The molecule has 0 atom stereocenters. The summed E-state index contributed by atoms with van der Waals surface area (Å²) in [5.41, 5.74) is 0. The minimum atomic E-state index is -1.12. The van der Waals surface area contributed by atoms with Gasteiger partial charge in [0.05, 0.1) is 13.3 Å². The smallest absolute Gasteiger partial charge is 0.381 e. The number of rotatable bonds is 0. The summed E-state index contributed by atoms with van der Waals surface area (Å²) in [5.74, 6) is 0. The van der Waals surface area contributed by atoms with Gasteiger partial charge in [0, 0.05) is 0 Å². The normalized spacial score (nSPS) is 21.5. The van der Waals surface area contributed by atoms with E-state index in [0.717, 1.165) is 0 Å². The zero-order chi connectivity index (χ0) is 5.49. The molecule has 2 N–H and O–H groups in total. The van der Waals surface area contributed by atoms with Crippen molar-refractivity contribution in [1.29, 1.82) is 0 Å². The highest BCUT2D eigenvalue weighted by atomic mass is 35.5. The molecule has 1 heterocycles. The molecule has 0 aromatic heterocycles. The molecule has 0 radical (unpaired) electrons. The van der Waals surface area contributed by atoms with E-state index in [1.807, 2.05) is 13.3 Å². The second kappa shape index (κ2) is 2.08. The third-order valence-electron chi connectivity index (χ3n) is 0.762. The Balaban J connectivity index is 0.000000490. The summed E-state index contributed by atoms with van der Waals surface area (Å²) in [5, 5.41) is 5.49. The molecule has 1 aliphatic heterocycles. The Bertz CT molecular complexity index is 106. The molecule has 1 aliphatic rings. The Morgan fingerprint density at radius 2 is 1.75 bits per heavy atom. The minimum Gasteiger partial charge on any atom is -1.00 e. The van der Waals surface area contributed by atoms with Crippen LogP contribution in [0, 0.1) is 0 Å². The molecular weight excluding hydrogens is 146 g/mol. The average molecular weight is 155 g/mol. The van der Waals surface area contributed by atoms with Crippen LogP contribution in [0.1, 0.15) is 0 Å². The molecule has 1 saturated heterocycles. The topological polar surface area (TPSA) is 41.1 Å². The number of nitrogens with one attached hydrogen (secondary N) is 2. The number of halogens is 1. The van der Waals surface area contributed by atoms with Crippen LogP contribution in [0.15, 0.2) is 0 Å². The first-order chi connectivity index (χ1) is 3.10. The first kappa shape index (κ1) is 7.99. The SMILES string of the molecule is C[P+]1(C)NC(=O)N1.[Cl-]. The van der Waals surface area contributed by atoms with Gasteiger partial charge >= 0.3 is 6.03 Å². The fourth-order valence-corrected chi connectivity index (χ4v) is 1.52. The lowest BCUT2D eigenvalue weighted by Gasteiger charge is -2.26. The third-order valence-corrected chi connectivity index (χ3v) is 2.29. The average Bonchev–Trinajstić information content (AvgIpc) is 1.27. The molecule has 0 spiro atoms. The maximum absolute atomic E-state index is 10.1. The summed E-state index contributed by atoms with van der Waals surface area (Å²) in [6.07, 6.45) is 0. The van der Waals surface area contributed by atoms with Gasteiger partial charge in [-0.15, -0.1) is 0 Å².